The number of nitrogens with one attached hydrogen (secondary N) is 1. The van der Waals surface area contributed by atoms with Crippen molar-refractivity contribution in [3.8, 4) is 0 Å². The molecule has 0 aromatic carbocycles. The van der Waals surface area contributed by atoms with Crippen LogP contribution in [0.15, 0.2) is 0 Å². The Hall–Kier alpha value is -2.98. The van der Waals surface area contributed by atoms with E-state index in [1.807, 2.05) is 6.92 Å². The van der Waals surface area contributed by atoms with Crippen LogP contribution in [0, 0.1) is 5.41 Å². The van der Waals surface area contributed by atoms with Crippen molar-refractivity contribution in [1.82, 2.24) is 10.2 Å². The van der Waals surface area contributed by atoms with Crippen LogP contribution < -0.4 is 11.1 Å². The van der Waals surface area contributed by atoms with E-state index in [9.17, 15) is 54.7 Å². The first-order valence-corrected chi connectivity index (χ1v) is 11.9. The Balaban J connectivity index is 0.000000349. The maximum atomic E-state index is 13.6. The van der Waals surface area contributed by atoms with E-state index >= 15 is 0 Å². The van der Waals surface area contributed by atoms with Crippen molar-refractivity contribution in [2.45, 2.75) is 82.0 Å². The second-order valence-electron chi connectivity index (χ2n) is 9.60. The number of fused-ring (bicyclic) bond motifs is 3. The minimum atomic E-state index is -5.62. The lowest BCUT2D eigenvalue weighted by atomic mass is 9.57. The molecule has 10 nitrogen and oxygen atoms in total. The topological polar surface area (TPSA) is 145 Å². The van der Waals surface area contributed by atoms with Gasteiger partial charge >= 0.3 is 30.3 Å². The van der Waals surface area contributed by atoms with Gasteiger partial charge in [-0.2, -0.15) is 26.3 Å². The molecule has 3 saturated carbocycles. The first-order valence-electron chi connectivity index (χ1n) is 11.9. The van der Waals surface area contributed by atoms with Crippen LogP contribution >= 0.6 is 0 Å². The molecule has 1 heterocycles. The number of primary amides is 1. The Bertz CT molecular complexity index is 922. The highest BCUT2D eigenvalue weighted by molar-refractivity contribution is 5.91. The molecule has 39 heavy (non-hydrogen) atoms. The van der Waals surface area contributed by atoms with E-state index in [4.69, 9.17) is 10.5 Å². The lowest BCUT2D eigenvalue weighted by Crippen LogP contribution is -2.59. The summed E-state index contributed by atoms with van der Waals surface area (Å²) in [5.41, 5.74) is 4.76. The highest BCUT2D eigenvalue weighted by atomic mass is 19.4. The Morgan fingerprint density at radius 2 is 1.41 bits per heavy atom. The molecule has 1 saturated heterocycles. The number of alkyl halides is 7. The number of esters is 3. The summed E-state index contributed by atoms with van der Waals surface area (Å²) in [4.78, 5) is 56.8. The number of hydrogen-bond acceptors (Lipinski definition) is 8. The monoisotopic (exact) mass is 579 g/mol. The Kier molecular flexibility index (Phi) is 9.95. The number of hydrogen-bond donors (Lipinski definition) is 2. The normalized spacial score (nSPS) is 28.3. The molecule has 2 bridgehead atoms. The minimum Gasteiger partial charge on any atom is -0.466 e. The summed E-state index contributed by atoms with van der Waals surface area (Å²) >= 11 is 0. The SMILES string of the molecule is CCOC(=O)C12CCC(NCC(=O)N3C[C@@H](F)C[C@H]3C(N)=O)(CC1)CC2.O=C(OC(=O)C(F)(F)F)C(F)(F)F. The van der Waals surface area contributed by atoms with Gasteiger partial charge in [0, 0.05) is 12.0 Å². The van der Waals surface area contributed by atoms with E-state index in [0.717, 1.165) is 38.5 Å². The van der Waals surface area contributed by atoms with E-state index in [-0.39, 0.29) is 42.3 Å². The number of nitrogens with zero attached hydrogens (tertiary/aromatic N) is 1. The van der Waals surface area contributed by atoms with Gasteiger partial charge in [-0.15, -0.1) is 0 Å². The van der Waals surface area contributed by atoms with Gasteiger partial charge in [-0.3, -0.25) is 14.4 Å². The van der Waals surface area contributed by atoms with Gasteiger partial charge in [-0.1, -0.05) is 0 Å². The molecule has 2 atom stereocenters. The maximum absolute atomic E-state index is 13.6. The third-order valence-electron chi connectivity index (χ3n) is 7.12. The number of rotatable bonds is 6. The molecule has 222 valence electrons. The first-order chi connectivity index (χ1) is 17.9. The fourth-order valence-electron chi connectivity index (χ4n) is 4.94. The lowest BCUT2D eigenvalue weighted by molar-refractivity contribution is -0.221. The fourth-order valence-corrected chi connectivity index (χ4v) is 4.94. The molecule has 3 N–H and O–H groups in total. The van der Waals surface area contributed by atoms with Crippen molar-refractivity contribution in [2.24, 2.45) is 11.1 Å². The standard InChI is InChI=1S/C18H28FN3O4.C4F6O3/c1-2-26-16(25)17-3-6-18(7-4-17,8-5-17)21-10-14(23)22-11-12(19)9-13(22)15(20)24;5-3(6,7)1(11)13-2(12)4(8,9)10/h12-13,21H,2-11H2,1H3,(H2,20,24);/t12-,13-,17?,18?;/m0./s1. The van der Waals surface area contributed by atoms with Crippen molar-refractivity contribution >= 4 is 29.7 Å². The number of ether oxygens (including phenoxy) is 2. The van der Waals surface area contributed by atoms with Crippen molar-refractivity contribution in [1.29, 1.82) is 0 Å². The average molecular weight is 579 g/mol. The van der Waals surface area contributed by atoms with Gasteiger partial charge in [0.2, 0.25) is 11.8 Å². The van der Waals surface area contributed by atoms with Crippen LogP contribution in [0.1, 0.15) is 51.9 Å². The number of amides is 2. The molecular formula is C22H28F7N3O7. The molecule has 0 spiro atoms. The van der Waals surface area contributed by atoms with Crippen LogP contribution in [0.4, 0.5) is 30.7 Å². The quantitative estimate of drug-likeness (QED) is 0.276. The molecule has 0 radical (unpaired) electrons. The molecule has 2 amide bonds. The summed E-state index contributed by atoms with van der Waals surface area (Å²) in [5, 5.41) is 3.34. The van der Waals surface area contributed by atoms with E-state index in [1.54, 1.807) is 0 Å². The molecule has 0 aromatic heterocycles. The van der Waals surface area contributed by atoms with E-state index in [1.165, 1.54) is 4.90 Å². The molecular weight excluding hydrogens is 551 g/mol. The van der Waals surface area contributed by atoms with E-state index in [0.29, 0.717) is 6.61 Å². The first kappa shape index (κ1) is 32.2. The van der Waals surface area contributed by atoms with Gasteiger partial charge in [0.1, 0.15) is 12.2 Å². The second-order valence-corrected chi connectivity index (χ2v) is 9.60. The second kappa shape index (κ2) is 12.0. The minimum absolute atomic E-state index is 0.0196. The summed E-state index contributed by atoms with van der Waals surface area (Å²) in [6.45, 7) is 2.19. The van der Waals surface area contributed by atoms with Gasteiger partial charge < -0.3 is 25.4 Å². The average Bonchev–Trinajstić information content (AvgIpc) is 3.25. The molecule has 4 fully saturated rings. The highest BCUT2D eigenvalue weighted by Gasteiger charge is 2.53. The van der Waals surface area contributed by atoms with Crippen molar-refractivity contribution < 1.29 is 64.2 Å². The summed E-state index contributed by atoms with van der Waals surface area (Å²) in [5.74, 6) is -7.45. The molecule has 4 aliphatic rings. The fraction of sp³-hybridized carbons (Fsp3) is 0.773. The predicted octanol–water partition coefficient (Wildman–Crippen LogP) is 1.84. The van der Waals surface area contributed by atoms with Crippen LogP contribution in [0.3, 0.4) is 0 Å². The summed E-state index contributed by atoms with van der Waals surface area (Å²) in [7, 11) is 0. The van der Waals surface area contributed by atoms with Crippen molar-refractivity contribution in [3.63, 3.8) is 0 Å². The van der Waals surface area contributed by atoms with Gasteiger partial charge in [-0.25, -0.2) is 14.0 Å². The van der Waals surface area contributed by atoms with Crippen LogP contribution in [0.25, 0.3) is 0 Å². The third-order valence-corrected chi connectivity index (χ3v) is 7.12. The van der Waals surface area contributed by atoms with Gasteiger partial charge in [0.05, 0.1) is 25.1 Å². The molecule has 3 aliphatic carbocycles. The van der Waals surface area contributed by atoms with Crippen molar-refractivity contribution in [2.75, 3.05) is 19.7 Å². The zero-order chi connectivity index (χ0) is 29.8. The molecule has 1 aliphatic heterocycles. The smallest absolute Gasteiger partial charge is 0.466 e. The Morgan fingerprint density at radius 1 is 0.923 bits per heavy atom. The van der Waals surface area contributed by atoms with Gasteiger partial charge in [0.15, 0.2) is 0 Å². The summed E-state index contributed by atoms with van der Waals surface area (Å²) in [6.07, 6.45) is -7.77. The lowest BCUT2D eigenvalue weighted by Gasteiger charge is -2.52. The molecule has 0 aromatic rings. The highest BCUT2D eigenvalue weighted by Crippen LogP contribution is 2.52. The third kappa shape index (κ3) is 8.02. The molecule has 4 rings (SSSR count). The zero-order valence-corrected chi connectivity index (χ0v) is 20.8. The Labute approximate surface area is 217 Å². The summed E-state index contributed by atoms with van der Waals surface area (Å²) < 4.78 is 88.5. The number of nitrogens with two attached hydrogens (primary N) is 1. The Morgan fingerprint density at radius 3 is 1.82 bits per heavy atom. The van der Waals surface area contributed by atoms with Gasteiger partial charge in [-0.05, 0) is 45.4 Å². The summed E-state index contributed by atoms with van der Waals surface area (Å²) in [6, 6.07) is -0.856. The largest absolute Gasteiger partial charge is 0.491 e. The number of halogens is 7. The van der Waals surface area contributed by atoms with Crippen LogP contribution in [0.2, 0.25) is 0 Å². The van der Waals surface area contributed by atoms with Crippen LogP contribution in [0.5, 0.6) is 0 Å². The van der Waals surface area contributed by atoms with Crippen LogP contribution in [-0.2, 0) is 33.4 Å². The zero-order valence-electron chi connectivity index (χ0n) is 20.8. The number of carbonyl (C=O) groups is 5. The van der Waals surface area contributed by atoms with E-state index in [2.05, 4.69) is 10.1 Å². The number of carbonyl (C=O) groups excluding carboxylic acids is 5. The van der Waals surface area contributed by atoms with Gasteiger partial charge in [0.25, 0.3) is 0 Å². The molecule has 17 heteroatoms. The maximum Gasteiger partial charge on any atom is 0.491 e. The van der Waals surface area contributed by atoms with Crippen molar-refractivity contribution in [3.05, 3.63) is 0 Å². The molecule has 0 unspecified atom stereocenters. The predicted molar refractivity (Wildman–Crippen MR) is 115 cm³/mol. The van der Waals surface area contributed by atoms with Crippen LogP contribution in [-0.4, -0.2) is 84.4 Å². The number of likely N-dealkylation sites (tertiary alicyclic amines) is 1. The van der Waals surface area contributed by atoms with E-state index < -0.39 is 42.4 Å².